The molecule has 0 spiro atoms. The minimum absolute atomic E-state index is 0.0464. The maximum Gasteiger partial charge on any atom is 0.251 e. The number of rotatable bonds is 34. The maximum absolute atomic E-state index is 13.8. The number of hydrogen-bond donors (Lipinski definition) is 4. The van der Waals surface area contributed by atoms with Gasteiger partial charge in [0, 0.05) is 57.0 Å². The van der Waals surface area contributed by atoms with Crippen LogP contribution in [0.25, 0.3) is 23.3 Å². The molecule has 0 unspecified atom stereocenters. The van der Waals surface area contributed by atoms with Crippen LogP contribution in [0.1, 0.15) is 206 Å². The number of amides is 4. The summed E-state index contributed by atoms with van der Waals surface area (Å²) in [7, 11) is 0. The Bertz CT molecular complexity index is 2830. The molecular weight excluding hydrogens is 1050 g/mol. The number of fused-ring (bicyclic) bond motifs is 2. The Labute approximate surface area is 503 Å². The summed E-state index contributed by atoms with van der Waals surface area (Å²) in [5.41, 5.74) is 14.1. The topological polar surface area (TPSA) is 163 Å². The normalized spacial score (nSPS) is 16.2. The first-order valence-corrected chi connectivity index (χ1v) is 31.0. The number of unbranched alkanes of at least 4 members (excludes halogenated alkanes) is 1. The van der Waals surface area contributed by atoms with E-state index in [0.29, 0.717) is 135 Å². The van der Waals surface area contributed by atoms with Gasteiger partial charge in [-0.25, -0.2) is 0 Å². The average Bonchev–Trinajstić information content (AvgIpc) is 2.90. The fourth-order valence-electron chi connectivity index (χ4n) is 11.2. The summed E-state index contributed by atoms with van der Waals surface area (Å²) in [6.07, 6.45) is 12.2. The summed E-state index contributed by atoms with van der Waals surface area (Å²) in [4.78, 5) is 52.8. The number of carbonyl (C=O) groups excluding carboxylic acids is 4. The Kier molecular flexibility index (Phi) is 26.0. The molecular formula is C71H100N4O9. The maximum atomic E-state index is 13.8. The van der Waals surface area contributed by atoms with E-state index in [2.05, 4.69) is 139 Å². The van der Waals surface area contributed by atoms with Crippen molar-refractivity contribution in [2.45, 2.75) is 168 Å². The summed E-state index contributed by atoms with van der Waals surface area (Å²) < 4.78 is 27.6. The third kappa shape index (κ3) is 20.6. The minimum atomic E-state index is -0.784. The van der Waals surface area contributed by atoms with Gasteiger partial charge in [-0.3, -0.25) is 19.2 Å². The smallest absolute Gasteiger partial charge is 0.251 e. The highest BCUT2D eigenvalue weighted by Gasteiger charge is 2.38. The summed E-state index contributed by atoms with van der Waals surface area (Å²) in [6, 6.07) is 28.2. The molecule has 0 heterocycles. The second-order valence-electron chi connectivity index (χ2n) is 25.5. The van der Waals surface area contributed by atoms with Crippen molar-refractivity contribution in [3.8, 4) is 0 Å². The van der Waals surface area contributed by atoms with E-state index in [1.165, 1.54) is 58.2 Å². The molecule has 4 aromatic carbocycles. The van der Waals surface area contributed by atoms with Gasteiger partial charge in [-0.05, 0) is 180 Å². The molecule has 0 saturated heterocycles. The molecule has 13 nitrogen and oxygen atoms in total. The van der Waals surface area contributed by atoms with Crippen LogP contribution >= 0.6 is 0 Å². The Morgan fingerprint density at radius 1 is 0.452 bits per heavy atom. The van der Waals surface area contributed by atoms with Gasteiger partial charge >= 0.3 is 0 Å². The highest BCUT2D eigenvalue weighted by atomic mass is 16.5. The Hall–Kier alpha value is -5.96. The molecule has 4 N–H and O–H groups in total. The minimum Gasteiger partial charge on any atom is -0.379 e. The largest absolute Gasteiger partial charge is 0.379 e. The van der Waals surface area contributed by atoms with Gasteiger partial charge < -0.3 is 45.0 Å². The summed E-state index contributed by atoms with van der Waals surface area (Å²) in [5, 5.41) is 11.9. The van der Waals surface area contributed by atoms with E-state index in [1.807, 2.05) is 55.5 Å². The lowest BCUT2D eigenvalue weighted by Crippen LogP contribution is -2.47. The van der Waals surface area contributed by atoms with Crippen molar-refractivity contribution in [3.63, 3.8) is 0 Å². The van der Waals surface area contributed by atoms with Gasteiger partial charge in [0.1, 0.15) is 6.04 Å². The molecule has 0 radical (unpaired) electrons. The molecule has 0 saturated carbocycles. The standard InChI is InChI=1S/C71H100N4O9/c1-12-80-41-42-83-40-30-64(76)72-36-15-38-81-43-45-84-46-44-82-39-16-37-74-67(79)63(75-66(78)56-24-20-54(21-25-56)48-52(3)58-27-29-60-62(50-58)71(10,11)34-32-69(60,6)7)17-13-14-35-73-65(77)55-22-18-53(19-23-55)47-51(2)57-26-28-59-61(49-57)70(8,9)33-31-68(59,4)5/h18-29,47-50,63H,12-17,30-46H2,1-11H3,(H,72,76)(H,73,77)(H,74,79)(H,75,78)/b51-47+,52-48+/t63-/m1/s1. The Balaban J connectivity index is 0.947. The third-order valence-electron chi connectivity index (χ3n) is 16.9. The average molecular weight is 1150 g/mol. The van der Waals surface area contributed by atoms with Crippen LogP contribution in [0.4, 0.5) is 0 Å². The molecule has 458 valence electrons. The van der Waals surface area contributed by atoms with Gasteiger partial charge in [0.15, 0.2) is 0 Å². The molecule has 2 aliphatic carbocycles. The van der Waals surface area contributed by atoms with Crippen LogP contribution in [0, 0.1) is 0 Å². The summed E-state index contributed by atoms with van der Waals surface area (Å²) >= 11 is 0. The van der Waals surface area contributed by atoms with Gasteiger partial charge in [-0.15, -0.1) is 0 Å². The number of allylic oxidation sites excluding steroid dienone is 2. The second kappa shape index (κ2) is 32.5. The van der Waals surface area contributed by atoms with E-state index in [1.54, 1.807) is 0 Å². The fourth-order valence-corrected chi connectivity index (χ4v) is 11.2. The van der Waals surface area contributed by atoms with Crippen molar-refractivity contribution in [2.24, 2.45) is 0 Å². The van der Waals surface area contributed by atoms with E-state index in [0.717, 1.165) is 23.1 Å². The van der Waals surface area contributed by atoms with Crippen LogP contribution in [0.2, 0.25) is 0 Å². The van der Waals surface area contributed by atoms with Crippen molar-refractivity contribution in [3.05, 3.63) is 141 Å². The van der Waals surface area contributed by atoms with Crippen LogP contribution in [-0.4, -0.2) is 115 Å². The first kappa shape index (κ1) is 67.2. The molecule has 6 rings (SSSR count). The van der Waals surface area contributed by atoms with E-state index in [9.17, 15) is 19.2 Å². The van der Waals surface area contributed by atoms with Crippen molar-refractivity contribution >= 4 is 46.9 Å². The molecule has 1 atom stereocenters. The van der Waals surface area contributed by atoms with Crippen LogP contribution in [-0.2, 0) is 54.9 Å². The van der Waals surface area contributed by atoms with Gasteiger partial charge in [0.05, 0.1) is 46.2 Å². The van der Waals surface area contributed by atoms with Gasteiger partial charge in [0.25, 0.3) is 11.8 Å². The lowest BCUT2D eigenvalue weighted by molar-refractivity contribution is -0.123. The quantitative estimate of drug-likeness (QED) is 0.0263. The molecule has 2 aliphatic rings. The predicted molar refractivity (Wildman–Crippen MR) is 341 cm³/mol. The van der Waals surface area contributed by atoms with E-state index >= 15 is 0 Å². The van der Waals surface area contributed by atoms with Crippen LogP contribution in [0.5, 0.6) is 0 Å². The fraction of sp³-hybridized carbons (Fsp3) is 0.549. The lowest BCUT2D eigenvalue weighted by atomic mass is 9.63. The molecule has 13 heteroatoms. The predicted octanol–water partition coefficient (Wildman–Crippen LogP) is 12.7. The van der Waals surface area contributed by atoms with Crippen molar-refractivity contribution < 1.29 is 42.9 Å². The van der Waals surface area contributed by atoms with E-state index < -0.39 is 6.04 Å². The first-order valence-electron chi connectivity index (χ1n) is 31.0. The van der Waals surface area contributed by atoms with E-state index in [4.69, 9.17) is 23.7 Å². The number of hydrogen-bond acceptors (Lipinski definition) is 9. The number of benzene rings is 4. The summed E-state index contributed by atoms with van der Waals surface area (Å²) in [5.74, 6) is -0.805. The van der Waals surface area contributed by atoms with Crippen molar-refractivity contribution in [1.82, 2.24) is 21.3 Å². The SMILES string of the molecule is CCOCCOCCC(=O)NCCCOCCOCCOCCCNC(=O)[C@@H](CCCCNC(=O)c1ccc(/C=C(\C)c2ccc3c(c2)C(C)(C)CCC3(C)C)cc1)NC(=O)c1ccc(/C=C(\C)c2ccc3c(c2)C(C)(C)CCC3(C)C)cc1. The number of carbonyl (C=O) groups is 4. The molecule has 0 aliphatic heterocycles. The van der Waals surface area contributed by atoms with Crippen molar-refractivity contribution in [1.29, 1.82) is 0 Å². The monoisotopic (exact) mass is 1150 g/mol. The third-order valence-corrected chi connectivity index (χ3v) is 16.9. The first-order chi connectivity index (χ1) is 40.1. The zero-order valence-corrected chi connectivity index (χ0v) is 52.8. The highest BCUT2D eigenvalue weighted by Crippen LogP contribution is 2.48. The van der Waals surface area contributed by atoms with Crippen LogP contribution in [0.15, 0.2) is 84.9 Å². The van der Waals surface area contributed by atoms with Crippen LogP contribution in [0.3, 0.4) is 0 Å². The van der Waals surface area contributed by atoms with Gasteiger partial charge in [0.2, 0.25) is 11.8 Å². The van der Waals surface area contributed by atoms with Gasteiger partial charge in [-0.2, -0.15) is 0 Å². The zero-order chi connectivity index (χ0) is 60.8. The molecule has 0 aromatic heterocycles. The zero-order valence-electron chi connectivity index (χ0n) is 52.8. The molecule has 0 fully saturated rings. The number of ether oxygens (including phenoxy) is 5. The Morgan fingerprint density at radius 3 is 1.35 bits per heavy atom. The molecule has 4 amide bonds. The van der Waals surface area contributed by atoms with Gasteiger partial charge in [-0.1, -0.05) is 128 Å². The Morgan fingerprint density at radius 2 is 0.857 bits per heavy atom. The van der Waals surface area contributed by atoms with Crippen LogP contribution < -0.4 is 21.3 Å². The second-order valence-corrected chi connectivity index (χ2v) is 25.5. The molecule has 0 bridgehead atoms. The van der Waals surface area contributed by atoms with E-state index in [-0.39, 0.29) is 45.3 Å². The molecule has 84 heavy (non-hydrogen) atoms. The summed E-state index contributed by atoms with van der Waals surface area (Å²) in [6.45, 7) is 31.0. The highest BCUT2D eigenvalue weighted by molar-refractivity contribution is 5.98. The molecule has 4 aromatic rings. The van der Waals surface area contributed by atoms with Crippen molar-refractivity contribution in [2.75, 3.05) is 85.7 Å². The number of nitrogens with one attached hydrogen (secondary N) is 4. The lowest BCUT2D eigenvalue weighted by Gasteiger charge is -2.42.